The van der Waals surface area contributed by atoms with Crippen molar-refractivity contribution < 1.29 is 17.5 Å². The van der Waals surface area contributed by atoms with Gasteiger partial charge in [0, 0.05) is 7.05 Å². The minimum Gasteiger partial charge on any atom is -0.317 e. The van der Waals surface area contributed by atoms with E-state index in [0.717, 1.165) is 4.08 Å². The molecule has 0 aromatic rings. The van der Waals surface area contributed by atoms with Crippen molar-refractivity contribution in [1.29, 1.82) is 0 Å². The molecule has 0 fully saturated rings. The van der Waals surface area contributed by atoms with Crippen LogP contribution < -0.4 is 0 Å². The maximum absolute atomic E-state index is 11.5. The first-order valence-corrected chi connectivity index (χ1v) is 8.99. The number of halogens is 1. The van der Waals surface area contributed by atoms with Crippen molar-refractivity contribution in [2.45, 2.75) is 13.8 Å². The molecule has 0 aliphatic carbocycles. The van der Waals surface area contributed by atoms with E-state index in [2.05, 4.69) is 0 Å². The van der Waals surface area contributed by atoms with Crippen LogP contribution in [0.3, 0.4) is 0 Å². The molecule has 0 N–H and O–H groups in total. The third-order valence-corrected chi connectivity index (χ3v) is 8.31. The van der Waals surface area contributed by atoms with Gasteiger partial charge >= 0.3 is 0 Å². The van der Waals surface area contributed by atoms with Crippen LogP contribution in [0.1, 0.15) is 13.8 Å². The zero-order valence-corrected chi connectivity index (χ0v) is 12.1. The average Bonchev–Trinajstić information content (AvgIpc) is 2.17. The van der Waals surface area contributed by atoms with Gasteiger partial charge in [-0.25, -0.2) is 8.42 Å². The largest absolute Gasteiger partial charge is 0.317 e. The van der Waals surface area contributed by atoms with Gasteiger partial charge in [0.1, 0.15) is 5.21 Å². The van der Waals surface area contributed by atoms with Crippen molar-refractivity contribution in [2.75, 3.05) is 25.5 Å². The maximum atomic E-state index is 11.5. The first-order valence-electron chi connectivity index (χ1n) is 4.26. The first kappa shape index (κ1) is 15.8. The van der Waals surface area contributed by atoms with Gasteiger partial charge in [0.05, 0.1) is 13.2 Å². The van der Waals surface area contributed by atoms with Crippen LogP contribution in [0.15, 0.2) is 0 Å². The Labute approximate surface area is 101 Å². The lowest BCUT2D eigenvalue weighted by Gasteiger charge is -2.28. The second kappa shape index (κ2) is 6.49. The quantitative estimate of drug-likeness (QED) is 0.529. The highest BCUT2D eigenvalue weighted by Gasteiger charge is 2.33. The van der Waals surface area contributed by atoms with Crippen molar-refractivity contribution in [2.24, 2.45) is 0 Å². The second-order valence-electron chi connectivity index (χ2n) is 2.46. The molecule has 0 radical (unpaired) electrons. The Balaban J connectivity index is 5.02. The molecule has 0 amide bonds. The van der Waals surface area contributed by atoms with Crippen molar-refractivity contribution in [3.63, 3.8) is 0 Å². The van der Waals surface area contributed by atoms with E-state index >= 15 is 0 Å². The smallest absolute Gasteiger partial charge is 0.277 e. The molecule has 0 aromatic heterocycles. The summed E-state index contributed by atoms with van der Waals surface area (Å²) in [5.74, 6) is 0. The molecule has 0 unspecified atom stereocenters. The minimum atomic E-state index is -3.61. The summed E-state index contributed by atoms with van der Waals surface area (Å²) in [6.45, 7) is 1.07. The molecule has 0 spiro atoms. The molecule has 92 valence electrons. The molecule has 9 heteroatoms. The first-order chi connectivity index (χ1) is 6.84. The molecule has 0 bridgehead atoms. The van der Waals surface area contributed by atoms with Crippen LogP contribution in [-0.2, 0) is 30.9 Å². The highest BCUT2D eigenvalue weighted by Crippen LogP contribution is 2.52. The Morgan fingerprint density at radius 3 is 2.00 bits per heavy atom. The van der Waals surface area contributed by atoms with Crippen molar-refractivity contribution >= 4 is 40.1 Å². The molecule has 0 saturated carbocycles. The number of hydrogen-bond acceptors (Lipinski definition) is 5. The van der Waals surface area contributed by atoms with E-state index in [4.69, 9.17) is 32.5 Å². The van der Waals surface area contributed by atoms with Gasteiger partial charge in [-0.05, 0) is 25.7 Å². The number of nitrogens with zero attached hydrogens (tertiary/aromatic N) is 1. The third kappa shape index (κ3) is 4.26. The molecule has 15 heavy (non-hydrogen) atoms. The normalized spacial score (nSPS) is 13.4. The van der Waals surface area contributed by atoms with Crippen LogP contribution in [0.4, 0.5) is 0 Å². The molecule has 0 atom stereocenters. The van der Waals surface area contributed by atoms with Gasteiger partial charge in [-0.15, -0.1) is 15.7 Å². The fraction of sp³-hybridized carbons (Fsp3) is 1.00. The summed E-state index contributed by atoms with van der Waals surface area (Å²) in [6.07, 6.45) is 0. The highest BCUT2D eigenvalue weighted by molar-refractivity contribution is 8.13. The van der Waals surface area contributed by atoms with Crippen molar-refractivity contribution in [3.8, 4) is 0 Å². The van der Waals surface area contributed by atoms with Gasteiger partial charge in [0.25, 0.3) is 6.64 Å². The lowest BCUT2D eigenvalue weighted by molar-refractivity contribution is 0.245. The summed E-state index contributed by atoms with van der Waals surface area (Å²) >= 11 is 10.4. The SMILES string of the molecule is CCOP(=S)(OCC)N(C)S(=O)(=O)CCl. The summed E-state index contributed by atoms with van der Waals surface area (Å²) in [5, 5.41) is -0.540. The second-order valence-corrected chi connectivity index (χ2v) is 8.75. The summed E-state index contributed by atoms with van der Waals surface area (Å²) in [6, 6.07) is 0. The maximum Gasteiger partial charge on any atom is 0.277 e. The zero-order chi connectivity index (χ0) is 12.1. The Morgan fingerprint density at radius 1 is 1.33 bits per heavy atom. The van der Waals surface area contributed by atoms with E-state index in [9.17, 15) is 8.42 Å². The van der Waals surface area contributed by atoms with Crippen LogP contribution in [-0.4, -0.2) is 38.0 Å². The van der Waals surface area contributed by atoms with Gasteiger partial charge in [0.2, 0.25) is 10.0 Å². The van der Waals surface area contributed by atoms with E-state index in [1.165, 1.54) is 7.05 Å². The van der Waals surface area contributed by atoms with Gasteiger partial charge in [-0.1, -0.05) is 0 Å². The predicted octanol–water partition coefficient (Wildman–Crippen LogP) is 1.74. The van der Waals surface area contributed by atoms with Gasteiger partial charge in [-0.3, -0.25) is 0 Å². The van der Waals surface area contributed by atoms with Crippen LogP contribution in [0.2, 0.25) is 0 Å². The van der Waals surface area contributed by atoms with Gasteiger partial charge in [-0.2, -0.15) is 0 Å². The monoisotopic (exact) mass is 295 g/mol. The molecule has 0 aliphatic rings. The van der Waals surface area contributed by atoms with Crippen LogP contribution >= 0.6 is 18.2 Å². The summed E-state index contributed by atoms with van der Waals surface area (Å²) < 4.78 is 34.3. The molecule has 0 heterocycles. The summed E-state index contributed by atoms with van der Waals surface area (Å²) in [7, 11) is -2.28. The number of rotatable bonds is 7. The fourth-order valence-corrected chi connectivity index (χ4v) is 5.81. The predicted molar refractivity (Wildman–Crippen MR) is 64.9 cm³/mol. The fourth-order valence-electron chi connectivity index (χ4n) is 0.749. The molecular formula is C6H15ClNO4PS2. The van der Waals surface area contributed by atoms with E-state index in [-0.39, 0.29) is 0 Å². The van der Waals surface area contributed by atoms with Crippen LogP contribution in [0, 0.1) is 0 Å². The van der Waals surface area contributed by atoms with Gasteiger partial charge < -0.3 is 9.05 Å². The topological polar surface area (TPSA) is 55.8 Å². The number of hydrogen-bond donors (Lipinski definition) is 0. The lowest BCUT2D eigenvalue weighted by atomic mass is 10.9. The van der Waals surface area contributed by atoms with E-state index in [1.807, 2.05) is 0 Å². The number of alkyl halides is 1. The molecule has 5 nitrogen and oxygen atoms in total. The van der Waals surface area contributed by atoms with Crippen LogP contribution in [0.5, 0.6) is 0 Å². The molecular weight excluding hydrogens is 281 g/mol. The molecule has 0 saturated heterocycles. The summed E-state index contributed by atoms with van der Waals surface area (Å²) in [5.41, 5.74) is 0. The Morgan fingerprint density at radius 2 is 1.73 bits per heavy atom. The summed E-state index contributed by atoms with van der Waals surface area (Å²) in [4.78, 5) is 0. The standard InChI is InChI=1S/C6H15ClNO4PS2/c1-4-11-13(14,12-5-2)8(3)15(9,10)6-7/h4-6H2,1-3H3. The van der Waals surface area contributed by atoms with E-state index < -0.39 is 21.9 Å². The average molecular weight is 296 g/mol. The van der Waals surface area contributed by atoms with E-state index in [1.54, 1.807) is 13.8 Å². The van der Waals surface area contributed by atoms with Crippen molar-refractivity contribution in [3.05, 3.63) is 0 Å². The zero-order valence-electron chi connectivity index (χ0n) is 8.84. The van der Waals surface area contributed by atoms with Crippen LogP contribution in [0.25, 0.3) is 0 Å². The lowest BCUT2D eigenvalue weighted by Crippen LogP contribution is -2.27. The molecule has 0 aromatic carbocycles. The van der Waals surface area contributed by atoms with Gasteiger partial charge in [0.15, 0.2) is 0 Å². The minimum absolute atomic E-state index is 0.291. The highest BCUT2D eigenvalue weighted by atomic mass is 35.5. The Hall–Kier alpha value is 0.770. The molecule has 0 aliphatic heterocycles. The molecule has 0 rings (SSSR count). The van der Waals surface area contributed by atoms with Crippen molar-refractivity contribution in [1.82, 2.24) is 4.08 Å². The van der Waals surface area contributed by atoms with E-state index in [0.29, 0.717) is 13.2 Å². The third-order valence-electron chi connectivity index (χ3n) is 1.47. The Kier molecular flexibility index (Phi) is 6.83. The Bertz CT molecular complexity index is 324. The number of sulfonamides is 1.